The van der Waals surface area contributed by atoms with Crippen LogP contribution in [0.2, 0.25) is 0 Å². The molecule has 0 unspecified atom stereocenters. The number of fused-ring (bicyclic) bond motifs is 3. The molecule has 3 aromatic rings. The average molecular weight is 634 g/mol. The van der Waals surface area contributed by atoms with E-state index in [0.29, 0.717) is 25.3 Å². The van der Waals surface area contributed by atoms with Crippen molar-refractivity contribution >= 4 is 45.0 Å². The van der Waals surface area contributed by atoms with Crippen LogP contribution >= 0.6 is 11.8 Å². The second-order valence-corrected chi connectivity index (χ2v) is 13.1. The molecule has 234 valence electrons. The molecule has 3 N–H and O–H groups in total. The largest absolute Gasteiger partial charge is 0.497 e. The summed E-state index contributed by atoms with van der Waals surface area (Å²) in [6.45, 7) is 6.02. The summed E-state index contributed by atoms with van der Waals surface area (Å²) in [5, 5.41) is 11.4. The van der Waals surface area contributed by atoms with Gasteiger partial charge in [-0.25, -0.2) is 13.9 Å². The van der Waals surface area contributed by atoms with Gasteiger partial charge < -0.3 is 19.4 Å². The number of rotatable bonds is 12. The number of hydrogen-bond acceptors (Lipinski definition) is 9. The lowest BCUT2D eigenvalue weighted by molar-refractivity contribution is -0.121. The zero-order valence-electron chi connectivity index (χ0n) is 24.2. The Bertz CT molecular complexity index is 1460. The highest BCUT2D eigenvalue weighted by Gasteiger charge is 2.32. The number of carbonyl (C=O) groups excluding carboxylic acids is 2. The number of nitrogens with zero attached hydrogens (tertiary/aromatic N) is 3. The maximum absolute atomic E-state index is 13.5. The standard InChI is InChI=1S/C28H36N4O5S2.CH3NO2/c1-36-22-6-8-23(9-7-22)39(34,35)31-12-10-25-24-4-2-3-5-26(24)32(27(25)20-31)21-28(33)29-11-18-38-19-15-30-13-16-37-17-14-30;3-1-2-4/h2-9H,10-21H2,1H3,(H,29,33);1,4H,(H,2,3). The number of morpholine rings is 1. The lowest BCUT2D eigenvalue weighted by atomic mass is 10.0. The Morgan fingerprint density at radius 2 is 1.81 bits per heavy atom. The van der Waals surface area contributed by atoms with Gasteiger partial charge in [0.15, 0.2) is 0 Å². The summed E-state index contributed by atoms with van der Waals surface area (Å²) in [7, 11) is -2.14. The number of sulfonamides is 1. The van der Waals surface area contributed by atoms with Crippen molar-refractivity contribution in [3.63, 3.8) is 0 Å². The Labute approximate surface area is 256 Å². The van der Waals surface area contributed by atoms with Crippen LogP contribution in [0.4, 0.5) is 0 Å². The number of methoxy groups -OCH3 is 1. The minimum absolute atomic E-state index is 0.0672. The molecule has 2 aliphatic heterocycles. The number of hydroxylamine groups is 1. The summed E-state index contributed by atoms with van der Waals surface area (Å²) in [5.74, 6) is 2.43. The van der Waals surface area contributed by atoms with Gasteiger partial charge in [-0.15, -0.1) is 0 Å². The Morgan fingerprint density at radius 3 is 2.51 bits per heavy atom. The van der Waals surface area contributed by atoms with Gasteiger partial charge in [0.2, 0.25) is 22.3 Å². The smallest absolute Gasteiger partial charge is 0.243 e. The third-order valence-electron chi connectivity index (χ3n) is 7.41. The molecule has 3 heterocycles. The van der Waals surface area contributed by atoms with E-state index in [1.54, 1.807) is 31.4 Å². The number of thioether (sulfide) groups is 1. The van der Waals surface area contributed by atoms with Crippen molar-refractivity contribution < 1.29 is 32.7 Å². The molecule has 2 aliphatic rings. The van der Waals surface area contributed by atoms with Crippen LogP contribution in [0, 0.1) is 0 Å². The van der Waals surface area contributed by atoms with Crippen LogP contribution in [0.5, 0.6) is 5.75 Å². The van der Waals surface area contributed by atoms with Crippen molar-refractivity contribution in [2.45, 2.75) is 24.4 Å². The van der Waals surface area contributed by atoms with E-state index in [1.165, 1.54) is 9.79 Å². The van der Waals surface area contributed by atoms with Crippen LogP contribution < -0.4 is 15.5 Å². The SMILES string of the molecule is COc1ccc(S(=O)(=O)N2CCc3c(n(CC(=O)NCCSCCN4CCOCC4)c4ccccc34)C2)cc1.O=CNO. The summed E-state index contributed by atoms with van der Waals surface area (Å²) in [4.78, 5) is 24.4. The van der Waals surface area contributed by atoms with E-state index < -0.39 is 10.0 Å². The van der Waals surface area contributed by atoms with Gasteiger partial charge in [-0.05, 0) is 42.3 Å². The molecule has 0 radical (unpaired) electrons. The molecule has 1 fully saturated rings. The summed E-state index contributed by atoms with van der Waals surface area (Å²) in [6, 6.07) is 14.5. The predicted octanol–water partition coefficient (Wildman–Crippen LogP) is 1.70. The molecule has 14 heteroatoms. The van der Waals surface area contributed by atoms with Crippen LogP contribution in [0.1, 0.15) is 11.3 Å². The Hall–Kier alpha value is -3.14. The number of aromatic nitrogens is 1. The summed E-state index contributed by atoms with van der Waals surface area (Å²) >= 11 is 1.84. The van der Waals surface area contributed by atoms with E-state index in [4.69, 9.17) is 19.5 Å². The van der Waals surface area contributed by atoms with Gasteiger partial charge in [-0.3, -0.25) is 19.7 Å². The molecule has 1 saturated heterocycles. The molecule has 0 saturated carbocycles. The third-order valence-corrected chi connectivity index (χ3v) is 10.2. The van der Waals surface area contributed by atoms with Crippen molar-refractivity contribution in [2.75, 3.05) is 64.6 Å². The first-order valence-corrected chi connectivity index (χ1v) is 16.7. The topological polar surface area (TPSA) is 142 Å². The van der Waals surface area contributed by atoms with E-state index in [2.05, 4.69) is 16.3 Å². The van der Waals surface area contributed by atoms with E-state index in [1.807, 2.05) is 34.5 Å². The number of benzene rings is 2. The van der Waals surface area contributed by atoms with Crippen LogP contribution in [0.25, 0.3) is 10.9 Å². The molecular formula is C29H39N5O7S2. The summed E-state index contributed by atoms with van der Waals surface area (Å²) in [6.07, 6.45) is 0.777. The van der Waals surface area contributed by atoms with Gasteiger partial charge >= 0.3 is 0 Å². The van der Waals surface area contributed by atoms with Gasteiger partial charge in [-0.1, -0.05) is 18.2 Å². The van der Waals surface area contributed by atoms with Crippen molar-refractivity contribution in [3.8, 4) is 5.75 Å². The first kappa shape index (κ1) is 32.8. The van der Waals surface area contributed by atoms with Crippen molar-refractivity contribution in [3.05, 3.63) is 59.8 Å². The van der Waals surface area contributed by atoms with Crippen molar-refractivity contribution in [1.29, 1.82) is 0 Å². The minimum Gasteiger partial charge on any atom is -0.497 e. The van der Waals surface area contributed by atoms with Crippen LogP contribution in [0.15, 0.2) is 53.4 Å². The quantitative estimate of drug-likeness (QED) is 0.118. The molecular weight excluding hydrogens is 594 g/mol. The maximum atomic E-state index is 13.5. The highest BCUT2D eigenvalue weighted by molar-refractivity contribution is 7.99. The first-order valence-electron chi connectivity index (χ1n) is 14.1. The van der Waals surface area contributed by atoms with E-state index in [9.17, 15) is 13.2 Å². The third kappa shape index (κ3) is 8.49. The molecule has 2 amide bonds. The highest BCUT2D eigenvalue weighted by atomic mass is 32.2. The van der Waals surface area contributed by atoms with Gasteiger partial charge in [0.1, 0.15) is 12.3 Å². The number of hydrogen-bond donors (Lipinski definition) is 3. The van der Waals surface area contributed by atoms with E-state index >= 15 is 0 Å². The fourth-order valence-electron chi connectivity index (χ4n) is 5.24. The monoisotopic (exact) mass is 633 g/mol. The summed E-state index contributed by atoms with van der Waals surface area (Å²) in [5.41, 5.74) is 4.22. The maximum Gasteiger partial charge on any atom is 0.243 e. The zero-order chi connectivity index (χ0) is 30.7. The Balaban J connectivity index is 0.000000996. The first-order chi connectivity index (χ1) is 20.9. The predicted molar refractivity (Wildman–Crippen MR) is 165 cm³/mol. The van der Waals surface area contributed by atoms with Gasteiger partial charge in [0.05, 0.1) is 31.8 Å². The average Bonchev–Trinajstić information content (AvgIpc) is 3.35. The van der Waals surface area contributed by atoms with Crippen molar-refractivity contribution in [1.82, 2.24) is 24.6 Å². The van der Waals surface area contributed by atoms with E-state index in [-0.39, 0.29) is 30.3 Å². The van der Waals surface area contributed by atoms with Gasteiger partial charge in [-0.2, -0.15) is 16.1 Å². The molecule has 5 rings (SSSR count). The van der Waals surface area contributed by atoms with Crippen LogP contribution in [0.3, 0.4) is 0 Å². The summed E-state index contributed by atoms with van der Waals surface area (Å²) < 4.78 is 41.0. The van der Waals surface area contributed by atoms with Gasteiger partial charge in [0, 0.05) is 60.8 Å². The van der Waals surface area contributed by atoms with Gasteiger partial charge in [0.25, 0.3) is 0 Å². The fourth-order valence-corrected chi connectivity index (χ4v) is 7.48. The van der Waals surface area contributed by atoms with Crippen LogP contribution in [-0.2, 0) is 43.9 Å². The number of carbonyl (C=O) groups is 2. The molecule has 0 bridgehead atoms. The highest BCUT2D eigenvalue weighted by Crippen LogP contribution is 2.33. The second-order valence-electron chi connectivity index (χ2n) is 9.96. The number of ether oxygens (including phenoxy) is 2. The minimum atomic E-state index is -3.69. The number of nitrogens with one attached hydrogen (secondary N) is 2. The zero-order valence-corrected chi connectivity index (χ0v) is 25.9. The molecule has 2 aromatic carbocycles. The fraction of sp³-hybridized carbons (Fsp3) is 0.448. The molecule has 0 atom stereocenters. The molecule has 12 nitrogen and oxygen atoms in total. The normalized spacial score (nSPS) is 15.7. The molecule has 43 heavy (non-hydrogen) atoms. The lowest BCUT2D eigenvalue weighted by Gasteiger charge is -2.28. The van der Waals surface area contributed by atoms with Crippen molar-refractivity contribution in [2.24, 2.45) is 0 Å². The second kappa shape index (κ2) is 16.1. The molecule has 0 aliphatic carbocycles. The lowest BCUT2D eigenvalue weighted by Crippen LogP contribution is -2.38. The molecule has 0 spiro atoms. The Morgan fingerprint density at radius 1 is 1.09 bits per heavy atom. The molecule has 1 aromatic heterocycles. The van der Waals surface area contributed by atoms with E-state index in [0.717, 1.165) is 66.5 Å². The number of amides is 2. The van der Waals surface area contributed by atoms with Crippen LogP contribution in [-0.4, -0.2) is 104 Å². The Kier molecular flexibility index (Phi) is 12.3. The number of para-hydroxylation sites is 1.